The van der Waals surface area contributed by atoms with Gasteiger partial charge in [-0.2, -0.15) is 0 Å². The maximum atomic E-state index is 11.2. The molecule has 1 amide bonds. The van der Waals surface area contributed by atoms with Crippen molar-refractivity contribution < 1.29 is 14.3 Å². The number of carbonyl (C=O) groups is 2. The lowest BCUT2D eigenvalue weighted by Gasteiger charge is -2.06. The zero-order valence-electron chi connectivity index (χ0n) is 10.1. The van der Waals surface area contributed by atoms with Gasteiger partial charge in [-0.1, -0.05) is 20.4 Å². The maximum absolute atomic E-state index is 11.2. The van der Waals surface area contributed by atoms with E-state index in [9.17, 15) is 9.59 Å². The number of rotatable bonds is 8. The molecule has 0 spiro atoms. The van der Waals surface area contributed by atoms with Gasteiger partial charge in [-0.05, 0) is 24.8 Å². The van der Waals surface area contributed by atoms with Gasteiger partial charge in [0.25, 0.3) is 0 Å². The van der Waals surface area contributed by atoms with Crippen molar-refractivity contribution in [3.05, 3.63) is 12.7 Å². The molecule has 0 aromatic heterocycles. The fraction of sp³-hybridized carbons (Fsp3) is 0.667. The molecular weight excluding hydrogens is 206 g/mol. The second kappa shape index (κ2) is 8.95. The Kier molecular flexibility index (Phi) is 8.21. The quantitative estimate of drug-likeness (QED) is 0.390. The number of hydrogen-bond donors (Lipinski definition) is 1. The minimum Gasteiger partial charge on any atom is -0.466 e. The van der Waals surface area contributed by atoms with Crippen LogP contribution in [0.4, 0.5) is 0 Å². The van der Waals surface area contributed by atoms with E-state index in [0.29, 0.717) is 19.1 Å². The van der Waals surface area contributed by atoms with Crippen LogP contribution in [0.3, 0.4) is 0 Å². The van der Waals surface area contributed by atoms with E-state index in [1.807, 2.05) is 0 Å². The van der Waals surface area contributed by atoms with Gasteiger partial charge in [0.1, 0.15) is 0 Å². The molecule has 4 heteroatoms. The molecule has 92 valence electrons. The van der Waals surface area contributed by atoms with Crippen LogP contribution in [0.1, 0.15) is 33.1 Å². The van der Waals surface area contributed by atoms with Crippen LogP contribution in [0.2, 0.25) is 0 Å². The van der Waals surface area contributed by atoms with Crippen molar-refractivity contribution in [2.75, 3.05) is 13.2 Å². The summed E-state index contributed by atoms with van der Waals surface area (Å²) in [6, 6.07) is 0. The monoisotopic (exact) mass is 227 g/mol. The Bertz CT molecular complexity index is 236. The fourth-order valence-corrected chi connectivity index (χ4v) is 1.11. The highest BCUT2D eigenvalue weighted by Crippen LogP contribution is 2.03. The topological polar surface area (TPSA) is 55.4 Å². The highest BCUT2D eigenvalue weighted by atomic mass is 16.5. The molecule has 0 aromatic rings. The smallest absolute Gasteiger partial charge is 0.307 e. The summed E-state index contributed by atoms with van der Waals surface area (Å²) in [6.07, 6.45) is 3.33. The molecular formula is C12H21NO3. The van der Waals surface area contributed by atoms with Crippen LogP contribution in [-0.4, -0.2) is 25.0 Å². The van der Waals surface area contributed by atoms with Crippen LogP contribution in [0, 0.1) is 5.92 Å². The van der Waals surface area contributed by atoms with Crippen LogP contribution in [0.25, 0.3) is 0 Å². The number of carbonyl (C=O) groups excluding carboxylic acids is 2. The molecule has 0 aromatic carbocycles. The van der Waals surface area contributed by atoms with Crippen LogP contribution in [-0.2, 0) is 14.3 Å². The molecule has 0 heterocycles. The minimum atomic E-state index is -0.271. The molecule has 0 radical (unpaired) electrons. The minimum absolute atomic E-state index is 0.210. The molecule has 0 aliphatic carbocycles. The lowest BCUT2D eigenvalue weighted by Crippen LogP contribution is -2.24. The van der Waals surface area contributed by atoms with Gasteiger partial charge >= 0.3 is 5.97 Å². The maximum Gasteiger partial charge on any atom is 0.307 e. The summed E-state index contributed by atoms with van der Waals surface area (Å²) in [6.45, 7) is 8.33. The largest absolute Gasteiger partial charge is 0.466 e. The molecule has 0 aliphatic rings. The molecule has 0 saturated heterocycles. The summed E-state index contributed by atoms with van der Waals surface area (Å²) in [5.41, 5.74) is 0. The Hall–Kier alpha value is -1.32. The first-order valence-electron chi connectivity index (χ1n) is 5.62. The van der Waals surface area contributed by atoms with E-state index in [0.717, 1.165) is 12.8 Å². The van der Waals surface area contributed by atoms with Gasteiger partial charge in [0, 0.05) is 6.54 Å². The standard InChI is InChI=1S/C12H21NO3/c1-4-11(14)13-8-7-12(15)16-9-5-6-10(2)3/h4,10H,1,5-9H2,2-3H3,(H,13,14). The Morgan fingerprint density at radius 1 is 1.44 bits per heavy atom. The Labute approximate surface area is 97.1 Å². The molecule has 0 saturated carbocycles. The molecule has 4 nitrogen and oxygen atoms in total. The molecule has 0 atom stereocenters. The Morgan fingerprint density at radius 2 is 2.12 bits per heavy atom. The van der Waals surface area contributed by atoms with E-state index >= 15 is 0 Å². The van der Waals surface area contributed by atoms with Crippen LogP contribution in [0.15, 0.2) is 12.7 Å². The number of ether oxygens (including phenoxy) is 1. The van der Waals surface area contributed by atoms with E-state index in [2.05, 4.69) is 25.7 Å². The summed E-state index contributed by atoms with van der Waals surface area (Å²) in [4.78, 5) is 21.9. The zero-order chi connectivity index (χ0) is 12.4. The first kappa shape index (κ1) is 14.7. The summed E-state index contributed by atoms with van der Waals surface area (Å²) in [5.74, 6) is 0.0892. The van der Waals surface area contributed by atoms with Crippen molar-refractivity contribution in [2.45, 2.75) is 33.1 Å². The van der Waals surface area contributed by atoms with Crippen molar-refractivity contribution >= 4 is 11.9 Å². The third kappa shape index (κ3) is 9.24. The van der Waals surface area contributed by atoms with Gasteiger partial charge in [-0.15, -0.1) is 0 Å². The van der Waals surface area contributed by atoms with Gasteiger partial charge in [0.05, 0.1) is 13.0 Å². The average molecular weight is 227 g/mol. The molecule has 16 heavy (non-hydrogen) atoms. The zero-order valence-corrected chi connectivity index (χ0v) is 10.1. The average Bonchev–Trinajstić information content (AvgIpc) is 2.24. The molecule has 1 N–H and O–H groups in total. The van der Waals surface area contributed by atoms with Crippen molar-refractivity contribution in [1.29, 1.82) is 0 Å². The molecule has 0 unspecified atom stereocenters. The van der Waals surface area contributed by atoms with Crippen molar-refractivity contribution in [3.8, 4) is 0 Å². The number of amides is 1. The molecule has 0 rings (SSSR count). The van der Waals surface area contributed by atoms with Crippen molar-refractivity contribution in [1.82, 2.24) is 5.32 Å². The molecule has 0 fully saturated rings. The second-order valence-electron chi connectivity index (χ2n) is 4.00. The lowest BCUT2D eigenvalue weighted by molar-refractivity contribution is -0.143. The first-order chi connectivity index (χ1) is 7.56. The van der Waals surface area contributed by atoms with Crippen LogP contribution >= 0.6 is 0 Å². The van der Waals surface area contributed by atoms with E-state index in [4.69, 9.17) is 4.74 Å². The highest BCUT2D eigenvalue weighted by molar-refractivity contribution is 5.87. The third-order valence-corrected chi connectivity index (χ3v) is 2.00. The Balaban J connectivity index is 3.38. The highest BCUT2D eigenvalue weighted by Gasteiger charge is 2.03. The van der Waals surface area contributed by atoms with E-state index in [1.54, 1.807) is 0 Å². The van der Waals surface area contributed by atoms with E-state index in [-0.39, 0.29) is 18.3 Å². The molecule has 0 bridgehead atoms. The van der Waals surface area contributed by atoms with Gasteiger partial charge in [-0.3, -0.25) is 9.59 Å². The first-order valence-corrected chi connectivity index (χ1v) is 5.62. The number of hydrogen-bond acceptors (Lipinski definition) is 3. The predicted octanol–water partition coefficient (Wildman–Crippen LogP) is 1.66. The normalized spacial score (nSPS) is 9.94. The summed E-state index contributed by atoms with van der Waals surface area (Å²) >= 11 is 0. The summed E-state index contributed by atoms with van der Waals surface area (Å²) in [5, 5.41) is 2.51. The Morgan fingerprint density at radius 3 is 2.69 bits per heavy atom. The predicted molar refractivity (Wildman–Crippen MR) is 62.9 cm³/mol. The summed E-state index contributed by atoms with van der Waals surface area (Å²) < 4.78 is 4.99. The van der Waals surface area contributed by atoms with Crippen LogP contribution < -0.4 is 5.32 Å². The summed E-state index contributed by atoms with van der Waals surface area (Å²) in [7, 11) is 0. The third-order valence-electron chi connectivity index (χ3n) is 2.00. The van der Waals surface area contributed by atoms with E-state index < -0.39 is 0 Å². The van der Waals surface area contributed by atoms with Gasteiger partial charge < -0.3 is 10.1 Å². The molecule has 0 aliphatic heterocycles. The van der Waals surface area contributed by atoms with Crippen LogP contribution in [0.5, 0.6) is 0 Å². The second-order valence-corrected chi connectivity index (χ2v) is 4.00. The number of nitrogens with one attached hydrogen (secondary N) is 1. The van der Waals surface area contributed by atoms with Gasteiger partial charge in [0.15, 0.2) is 0 Å². The fourth-order valence-electron chi connectivity index (χ4n) is 1.11. The lowest BCUT2D eigenvalue weighted by atomic mass is 10.1. The van der Waals surface area contributed by atoms with Gasteiger partial charge in [-0.25, -0.2) is 0 Å². The van der Waals surface area contributed by atoms with Crippen molar-refractivity contribution in [2.24, 2.45) is 5.92 Å². The number of esters is 1. The van der Waals surface area contributed by atoms with Crippen molar-refractivity contribution in [3.63, 3.8) is 0 Å². The SMILES string of the molecule is C=CC(=O)NCCC(=O)OCCCC(C)C. The van der Waals surface area contributed by atoms with Gasteiger partial charge in [0.2, 0.25) is 5.91 Å². The van der Waals surface area contributed by atoms with E-state index in [1.165, 1.54) is 6.08 Å².